The molecule has 1 aliphatic heterocycles. The lowest BCUT2D eigenvalue weighted by molar-refractivity contribution is -0.119. The minimum absolute atomic E-state index is 0.155. The minimum Gasteiger partial charge on any atom is -0.342 e. The zero-order chi connectivity index (χ0) is 16.9. The van der Waals surface area contributed by atoms with Gasteiger partial charge in [-0.15, -0.1) is 0 Å². The molecule has 124 valence electrons. The quantitative estimate of drug-likeness (QED) is 0.807. The number of para-hydroxylation sites is 1. The zero-order valence-corrected chi connectivity index (χ0v) is 14.4. The van der Waals surface area contributed by atoms with Crippen LogP contribution in [0.2, 0.25) is 0 Å². The fourth-order valence-electron chi connectivity index (χ4n) is 2.44. The van der Waals surface area contributed by atoms with Crippen molar-refractivity contribution in [3.63, 3.8) is 0 Å². The molecule has 1 saturated heterocycles. The first-order chi connectivity index (χ1) is 11.7. The Labute approximate surface area is 147 Å². The van der Waals surface area contributed by atoms with Gasteiger partial charge in [-0.1, -0.05) is 12.1 Å². The molecule has 0 saturated carbocycles. The van der Waals surface area contributed by atoms with Gasteiger partial charge in [-0.05, 0) is 28.1 Å². The maximum atomic E-state index is 12.6. The molecule has 24 heavy (non-hydrogen) atoms. The summed E-state index contributed by atoms with van der Waals surface area (Å²) < 4.78 is 0.904. The van der Waals surface area contributed by atoms with Crippen LogP contribution in [0.4, 0.5) is 11.5 Å². The number of hydrogen-bond donors (Lipinski definition) is 1. The predicted octanol–water partition coefficient (Wildman–Crippen LogP) is 1.90. The van der Waals surface area contributed by atoms with Crippen LogP contribution in [-0.4, -0.2) is 58.3 Å². The van der Waals surface area contributed by atoms with E-state index in [1.807, 2.05) is 24.3 Å². The van der Waals surface area contributed by atoms with Gasteiger partial charge in [0, 0.05) is 36.7 Å². The molecule has 7 nitrogen and oxygen atoms in total. The van der Waals surface area contributed by atoms with Crippen molar-refractivity contribution in [3.05, 3.63) is 46.8 Å². The molecular weight excluding hydrogens is 374 g/mol. The third kappa shape index (κ3) is 3.70. The number of hydrogen-bond acceptors (Lipinski definition) is 5. The lowest BCUT2D eigenvalue weighted by atomic mass is 10.2. The number of anilines is 2. The van der Waals surface area contributed by atoms with Crippen molar-refractivity contribution >= 4 is 39.8 Å². The van der Waals surface area contributed by atoms with Crippen molar-refractivity contribution in [2.45, 2.75) is 0 Å². The van der Waals surface area contributed by atoms with E-state index >= 15 is 0 Å². The van der Waals surface area contributed by atoms with E-state index in [9.17, 15) is 9.59 Å². The van der Waals surface area contributed by atoms with Gasteiger partial charge < -0.3 is 15.1 Å². The molecule has 0 unspecified atom stereocenters. The summed E-state index contributed by atoms with van der Waals surface area (Å²) in [6, 6.07) is 9.29. The molecule has 0 bridgehead atoms. The van der Waals surface area contributed by atoms with Crippen LogP contribution in [0.15, 0.2) is 41.1 Å². The van der Waals surface area contributed by atoms with E-state index in [2.05, 4.69) is 31.2 Å². The van der Waals surface area contributed by atoms with Crippen LogP contribution in [-0.2, 0) is 4.79 Å². The lowest BCUT2D eigenvalue weighted by Gasteiger charge is -2.32. The van der Waals surface area contributed by atoms with Gasteiger partial charge in [-0.3, -0.25) is 9.59 Å². The zero-order valence-electron chi connectivity index (χ0n) is 12.9. The van der Waals surface area contributed by atoms with Crippen LogP contribution >= 0.6 is 15.9 Å². The number of benzene rings is 1. The highest BCUT2D eigenvalue weighted by atomic mass is 79.9. The number of carbonyl (C=O) groups excluding carboxylic acids is 2. The number of nitrogens with zero attached hydrogens (tertiary/aromatic N) is 4. The molecule has 0 aliphatic carbocycles. The number of rotatable bonds is 4. The largest absolute Gasteiger partial charge is 0.342 e. The molecule has 0 spiro atoms. The normalized spacial score (nSPS) is 14.4. The number of carbonyl (C=O) groups is 2. The van der Waals surface area contributed by atoms with Crippen molar-refractivity contribution in [3.8, 4) is 0 Å². The molecule has 2 heterocycles. The molecular formula is C16H16BrN5O2. The highest BCUT2D eigenvalue weighted by Gasteiger charge is 2.22. The first-order valence-corrected chi connectivity index (χ1v) is 8.29. The van der Waals surface area contributed by atoms with Gasteiger partial charge in [0.15, 0.2) is 0 Å². The van der Waals surface area contributed by atoms with Crippen molar-refractivity contribution < 1.29 is 9.59 Å². The highest BCUT2D eigenvalue weighted by molar-refractivity contribution is 9.10. The highest BCUT2D eigenvalue weighted by Crippen LogP contribution is 2.24. The Morgan fingerprint density at radius 2 is 1.92 bits per heavy atom. The summed E-state index contributed by atoms with van der Waals surface area (Å²) in [4.78, 5) is 34.9. The summed E-state index contributed by atoms with van der Waals surface area (Å²) in [6.45, 7) is 2.11. The summed E-state index contributed by atoms with van der Waals surface area (Å²) in [5.74, 6) is 0.393. The Hall–Kier alpha value is -2.48. The molecule has 1 fully saturated rings. The van der Waals surface area contributed by atoms with E-state index in [1.54, 1.807) is 15.9 Å². The van der Waals surface area contributed by atoms with Gasteiger partial charge in [0.25, 0.3) is 5.91 Å². The number of halogens is 1. The van der Waals surface area contributed by atoms with Gasteiger partial charge in [0.05, 0.1) is 5.69 Å². The Bertz CT molecular complexity index is 747. The average molecular weight is 390 g/mol. The summed E-state index contributed by atoms with van der Waals surface area (Å²) in [7, 11) is 0. The van der Waals surface area contributed by atoms with E-state index in [1.165, 1.54) is 6.33 Å². The van der Waals surface area contributed by atoms with E-state index < -0.39 is 0 Å². The molecule has 2 aromatic rings. The first kappa shape index (κ1) is 16.4. The summed E-state index contributed by atoms with van der Waals surface area (Å²) in [6.07, 6.45) is 2.18. The number of amides is 2. The molecule has 1 aromatic heterocycles. The van der Waals surface area contributed by atoms with E-state index in [0.717, 1.165) is 16.6 Å². The summed E-state index contributed by atoms with van der Waals surface area (Å²) in [5, 5.41) is 3.16. The topological polar surface area (TPSA) is 78.4 Å². The monoisotopic (exact) mass is 389 g/mol. The van der Waals surface area contributed by atoms with Crippen molar-refractivity contribution in [1.29, 1.82) is 0 Å². The van der Waals surface area contributed by atoms with E-state index in [4.69, 9.17) is 0 Å². The van der Waals surface area contributed by atoms with Crippen molar-refractivity contribution in [2.24, 2.45) is 0 Å². The second kappa shape index (κ2) is 7.39. The standard InChI is InChI=1S/C16H16BrN5O2/c17-12-3-1-2-4-13(12)20-15-9-14(18-10-19-15)16(24)22-7-5-21(11-23)6-8-22/h1-4,9-11H,5-8H2,(H,18,19,20). The SMILES string of the molecule is O=CN1CCN(C(=O)c2cc(Nc3ccccc3Br)ncn2)CC1. The second-order valence-corrected chi connectivity index (χ2v) is 6.18. The minimum atomic E-state index is -0.155. The third-order valence-electron chi connectivity index (χ3n) is 3.77. The molecule has 1 aliphatic rings. The van der Waals surface area contributed by atoms with Crippen LogP contribution in [0.3, 0.4) is 0 Å². The van der Waals surface area contributed by atoms with Crippen LogP contribution in [0.1, 0.15) is 10.5 Å². The molecule has 1 aromatic carbocycles. The van der Waals surface area contributed by atoms with Gasteiger partial charge in [0.2, 0.25) is 6.41 Å². The lowest BCUT2D eigenvalue weighted by Crippen LogP contribution is -2.48. The van der Waals surface area contributed by atoms with Gasteiger partial charge in [-0.2, -0.15) is 0 Å². The van der Waals surface area contributed by atoms with E-state index in [-0.39, 0.29) is 5.91 Å². The van der Waals surface area contributed by atoms with Gasteiger partial charge in [0.1, 0.15) is 17.8 Å². The Morgan fingerprint density at radius 3 is 2.62 bits per heavy atom. The fraction of sp³-hybridized carbons (Fsp3) is 0.250. The third-order valence-corrected chi connectivity index (χ3v) is 4.46. The van der Waals surface area contributed by atoms with Crippen molar-refractivity contribution in [2.75, 3.05) is 31.5 Å². The molecule has 1 N–H and O–H groups in total. The Balaban J connectivity index is 1.72. The van der Waals surface area contributed by atoms with Crippen molar-refractivity contribution in [1.82, 2.24) is 19.8 Å². The molecule has 0 radical (unpaired) electrons. The van der Waals surface area contributed by atoms with E-state index in [0.29, 0.717) is 37.7 Å². The maximum absolute atomic E-state index is 12.6. The average Bonchev–Trinajstić information content (AvgIpc) is 2.63. The molecule has 3 rings (SSSR count). The summed E-state index contributed by atoms with van der Waals surface area (Å²) >= 11 is 3.46. The van der Waals surface area contributed by atoms with Gasteiger partial charge in [-0.25, -0.2) is 9.97 Å². The predicted molar refractivity (Wildman–Crippen MR) is 93.0 cm³/mol. The number of nitrogens with one attached hydrogen (secondary N) is 1. The van der Waals surface area contributed by atoms with Gasteiger partial charge >= 0.3 is 0 Å². The van der Waals surface area contributed by atoms with Crippen LogP contribution < -0.4 is 5.32 Å². The molecule has 8 heteroatoms. The smallest absolute Gasteiger partial charge is 0.272 e. The molecule has 0 atom stereocenters. The number of aromatic nitrogens is 2. The first-order valence-electron chi connectivity index (χ1n) is 7.49. The number of piperazine rings is 1. The second-order valence-electron chi connectivity index (χ2n) is 5.33. The Morgan fingerprint density at radius 1 is 1.17 bits per heavy atom. The van der Waals surface area contributed by atoms with Crippen LogP contribution in [0, 0.1) is 0 Å². The maximum Gasteiger partial charge on any atom is 0.272 e. The fourth-order valence-corrected chi connectivity index (χ4v) is 2.82. The Kier molecular flexibility index (Phi) is 5.05. The summed E-state index contributed by atoms with van der Waals surface area (Å²) in [5.41, 5.74) is 1.19. The molecule has 2 amide bonds. The van der Waals surface area contributed by atoms with Crippen LogP contribution in [0.5, 0.6) is 0 Å². The van der Waals surface area contributed by atoms with Crippen LogP contribution in [0.25, 0.3) is 0 Å².